The Morgan fingerprint density at radius 2 is 2.10 bits per heavy atom. The van der Waals surface area contributed by atoms with E-state index in [1.54, 1.807) is 24.3 Å². The number of likely N-dealkylation sites (tertiary alicyclic amines) is 1. The van der Waals surface area contributed by atoms with Crippen molar-refractivity contribution in [3.63, 3.8) is 0 Å². The molecule has 1 aromatic carbocycles. The quantitative estimate of drug-likeness (QED) is 0.854. The number of carbonyl (C=O) groups excluding carboxylic acids is 1. The number of benzene rings is 1. The highest BCUT2D eigenvalue weighted by Crippen LogP contribution is 2.24. The second-order valence-electron chi connectivity index (χ2n) is 4.61. The average molecular weight is 308 g/mol. The van der Waals surface area contributed by atoms with Crippen LogP contribution in [-0.4, -0.2) is 36.2 Å². The fourth-order valence-corrected chi connectivity index (χ4v) is 2.04. The first-order chi connectivity index (χ1) is 9.33. The van der Waals surface area contributed by atoms with Crippen LogP contribution in [0, 0.1) is 0 Å². The van der Waals surface area contributed by atoms with Crippen molar-refractivity contribution in [2.75, 3.05) is 13.1 Å². The molecule has 0 aliphatic carbocycles. The lowest BCUT2D eigenvalue weighted by Gasteiger charge is -2.39. The van der Waals surface area contributed by atoms with Crippen LogP contribution >= 0.6 is 11.6 Å². The van der Waals surface area contributed by atoms with E-state index in [0.717, 1.165) is 0 Å². The van der Waals surface area contributed by atoms with Crippen LogP contribution in [0.15, 0.2) is 24.3 Å². The maximum absolute atomic E-state index is 12.0. The summed E-state index contributed by atoms with van der Waals surface area (Å²) in [5, 5.41) is 0.542. The molecule has 2 rings (SSSR count). The zero-order valence-electron chi connectivity index (χ0n) is 10.5. The van der Waals surface area contributed by atoms with Crippen molar-refractivity contribution in [3.8, 4) is 5.75 Å². The number of carbonyl (C=O) groups is 1. The van der Waals surface area contributed by atoms with Gasteiger partial charge in [0.2, 0.25) is 5.91 Å². The number of nitrogens with zero attached hydrogens (tertiary/aromatic N) is 1. The normalized spacial score (nSPS) is 15.9. The predicted molar refractivity (Wildman–Crippen MR) is 67.7 cm³/mol. The van der Waals surface area contributed by atoms with Crippen molar-refractivity contribution in [3.05, 3.63) is 29.3 Å². The summed E-state index contributed by atoms with van der Waals surface area (Å²) in [5.74, 6) is 0.0955. The van der Waals surface area contributed by atoms with Crippen LogP contribution in [0.25, 0.3) is 0 Å². The minimum absolute atomic E-state index is 0.191. The molecule has 0 spiro atoms. The predicted octanol–water partition coefficient (Wildman–Crippen LogP) is 3.27. The Kier molecular flexibility index (Phi) is 4.42. The van der Waals surface area contributed by atoms with Gasteiger partial charge in [-0.2, -0.15) is 13.2 Å². The third-order valence-corrected chi connectivity index (χ3v) is 3.16. The molecule has 0 atom stereocenters. The van der Waals surface area contributed by atoms with Gasteiger partial charge in [-0.1, -0.05) is 17.7 Å². The topological polar surface area (TPSA) is 29.5 Å². The minimum Gasteiger partial charge on any atom is -0.487 e. The molecule has 1 aliphatic rings. The van der Waals surface area contributed by atoms with Gasteiger partial charge in [0, 0.05) is 11.4 Å². The smallest absolute Gasteiger partial charge is 0.389 e. The molecule has 110 valence electrons. The van der Waals surface area contributed by atoms with Crippen LogP contribution in [0.2, 0.25) is 5.02 Å². The summed E-state index contributed by atoms with van der Waals surface area (Å²) >= 11 is 5.80. The zero-order chi connectivity index (χ0) is 14.8. The standard InChI is InChI=1S/C13H13ClF3NO2/c14-9-2-1-3-10(6-9)20-11-7-18(8-11)12(19)4-5-13(15,16)17/h1-3,6,11H,4-5,7-8H2. The van der Waals surface area contributed by atoms with Crippen molar-refractivity contribution >= 4 is 17.5 Å². The van der Waals surface area contributed by atoms with Crippen molar-refractivity contribution in [1.29, 1.82) is 0 Å². The molecule has 0 saturated carbocycles. The van der Waals surface area contributed by atoms with Gasteiger partial charge in [0.25, 0.3) is 0 Å². The number of rotatable bonds is 4. The highest BCUT2D eigenvalue weighted by molar-refractivity contribution is 6.30. The molecule has 1 heterocycles. The molecule has 1 amide bonds. The molecule has 0 unspecified atom stereocenters. The van der Waals surface area contributed by atoms with E-state index in [2.05, 4.69) is 0 Å². The summed E-state index contributed by atoms with van der Waals surface area (Å²) in [5.41, 5.74) is 0. The summed E-state index contributed by atoms with van der Waals surface area (Å²) < 4.78 is 41.5. The number of alkyl halides is 3. The van der Waals surface area contributed by atoms with Gasteiger partial charge in [0.1, 0.15) is 11.9 Å². The van der Waals surface area contributed by atoms with Crippen molar-refractivity contribution in [2.45, 2.75) is 25.1 Å². The van der Waals surface area contributed by atoms with Gasteiger partial charge in [-0.3, -0.25) is 4.79 Å². The van der Waals surface area contributed by atoms with E-state index in [0.29, 0.717) is 23.9 Å². The largest absolute Gasteiger partial charge is 0.487 e. The Morgan fingerprint density at radius 1 is 1.40 bits per heavy atom. The maximum Gasteiger partial charge on any atom is 0.389 e. The Bertz CT molecular complexity index is 487. The van der Waals surface area contributed by atoms with E-state index in [1.165, 1.54) is 4.90 Å². The summed E-state index contributed by atoms with van der Waals surface area (Å²) in [6, 6.07) is 6.83. The minimum atomic E-state index is -4.29. The summed E-state index contributed by atoms with van der Waals surface area (Å²) in [4.78, 5) is 12.8. The molecule has 0 radical (unpaired) electrons. The van der Waals surface area contributed by atoms with E-state index < -0.39 is 24.9 Å². The summed E-state index contributed by atoms with van der Waals surface area (Å²) in [7, 11) is 0. The molecular formula is C13H13ClF3NO2. The number of hydrogen-bond acceptors (Lipinski definition) is 2. The van der Waals surface area contributed by atoms with Gasteiger partial charge in [-0.15, -0.1) is 0 Å². The highest BCUT2D eigenvalue weighted by atomic mass is 35.5. The molecule has 20 heavy (non-hydrogen) atoms. The summed E-state index contributed by atoms with van der Waals surface area (Å²) in [6.07, 6.45) is -6.07. The molecule has 0 aromatic heterocycles. The first kappa shape index (κ1) is 15.0. The molecule has 7 heteroatoms. The molecule has 0 N–H and O–H groups in total. The van der Waals surface area contributed by atoms with Gasteiger partial charge < -0.3 is 9.64 Å². The lowest BCUT2D eigenvalue weighted by atomic mass is 10.1. The number of halogens is 4. The second-order valence-corrected chi connectivity index (χ2v) is 5.05. The van der Waals surface area contributed by atoms with E-state index in [9.17, 15) is 18.0 Å². The Labute approximate surface area is 119 Å². The average Bonchev–Trinajstić information content (AvgIpc) is 2.29. The van der Waals surface area contributed by atoms with Crippen LogP contribution < -0.4 is 4.74 Å². The monoisotopic (exact) mass is 307 g/mol. The zero-order valence-corrected chi connectivity index (χ0v) is 11.2. The molecule has 1 aromatic rings. The van der Waals surface area contributed by atoms with E-state index in [4.69, 9.17) is 16.3 Å². The Balaban J connectivity index is 1.73. The first-order valence-corrected chi connectivity index (χ1v) is 6.48. The SMILES string of the molecule is O=C(CCC(F)(F)F)N1CC(Oc2cccc(Cl)c2)C1. The number of hydrogen-bond donors (Lipinski definition) is 0. The Morgan fingerprint density at radius 3 is 2.70 bits per heavy atom. The van der Waals surface area contributed by atoms with Crippen LogP contribution in [-0.2, 0) is 4.79 Å². The van der Waals surface area contributed by atoms with Gasteiger partial charge in [0.05, 0.1) is 19.5 Å². The molecule has 3 nitrogen and oxygen atoms in total. The lowest BCUT2D eigenvalue weighted by molar-refractivity contribution is -0.154. The molecule has 1 aliphatic heterocycles. The maximum atomic E-state index is 12.0. The first-order valence-electron chi connectivity index (χ1n) is 6.10. The van der Waals surface area contributed by atoms with Gasteiger partial charge >= 0.3 is 6.18 Å². The van der Waals surface area contributed by atoms with Gasteiger partial charge in [-0.05, 0) is 18.2 Å². The van der Waals surface area contributed by atoms with Crippen LogP contribution in [0.4, 0.5) is 13.2 Å². The molecule has 1 saturated heterocycles. The van der Waals surface area contributed by atoms with E-state index in [-0.39, 0.29) is 6.10 Å². The van der Waals surface area contributed by atoms with Crippen LogP contribution in [0.5, 0.6) is 5.75 Å². The van der Waals surface area contributed by atoms with Crippen molar-refractivity contribution < 1.29 is 22.7 Å². The van der Waals surface area contributed by atoms with Crippen LogP contribution in [0.3, 0.4) is 0 Å². The third-order valence-electron chi connectivity index (χ3n) is 2.92. The van der Waals surface area contributed by atoms with Crippen molar-refractivity contribution in [1.82, 2.24) is 4.90 Å². The van der Waals surface area contributed by atoms with Gasteiger partial charge in [-0.25, -0.2) is 0 Å². The lowest BCUT2D eigenvalue weighted by Crippen LogP contribution is -2.56. The fraction of sp³-hybridized carbons (Fsp3) is 0.462. The van der Waals surface area contributed by atoms with E-state index >= 15 is 0 Å². The second kappa shape index (κ2) is 5.91. The Hall–Kier alpha value is -1.43. The van der Waals surface area contributed by atoms with Crippen molar-refractivity contribution in [2.24, 2.45) is 0 Å². The molecular weight excluding hydrogens is 295 g/mol. The highest BCUT2D eigenvalue weighted by Gasteiger charge is 2.35. The van der Waals surface area contributed by atoms with Gasteiger partial charge in [0.15, 0.2) is 0 Å². The third kappa shape index (κ3) is 4.30. The number of ether oxygens (including phenoxy) is 1. The molecule has 1 fully saturated rings. The summed E-state index contributed by atoms with van der Waals surface area (Å²) in [6.45, 7) is 0.617. The number of amides is 1. The fourth-order valence-electron chi connectivity index (χ4n) is 1.86. The molecule has 0 bridgehead atoms. The van der Waals surface area contributed by atoms with Crippen LogP contribution in [0.1, 0.15) is 12.8 Å². The van der Waals surface area contributed by atoms with E-state index in [1.807, 2.05) is 0 Å².